The molecule has 0 aromatic rings. The number of allylic oxidation sites excluding steroid dienone is 2. The van der Waals surface area contributed by atoms with E-state index >= 15 is 0 Å². The van der Waals surface area contributed by atoms with Crippen LogP contribution in [0.15, 0.2) is 12.2 Å². The van der Waals surface area contributed by atoms with E-state index in [0.717, 1.165) is 12.8 Å². The zero-order chi connectivity index (χ0) is 14.5. The average Bonchev–Trinajstić information content (AvgIpc) is 2.70. The van der Waals surface area contributed by atoms with Gasteiger partial charge in [-0.25, -0.2) is 0 Å². The zero-order valence-corrected chi connectivity index (χ0v) is 11.9. The third kappa shape index (κ3) is 3.08. The van der Waals surface area contributed by atoms with Gasteiger partial charge in [-0.2, -0.15) is 0 Å². The average molecular weight is 278 g/mol. The van der Waals surface area contributed by atoms with Crippen LogP contribution in [0.2, 0.25) is 0 Å². The second kappa shape index (κ2) is 6.68. The maximum absolute atomic E-state index is 12.2. The largest absolute Gasteiger partial charge is 0.356 e. The van der Waals surface area contributed by atoms with Crippen molar-refractivity contribution in [2.75, 3.05) is 13.1 Å². The quantitative estimate of drug-likeness (QED) is 0.451. The predicted molar refractivity (Wildman–Crippen MR) is 74.6 cm³/mol. The Bertz CT molecular complexity index is 405. The fourth-order valence-electron chi connectivity index (χ4n) is 2.80. The van der Waals surface area contributed by atoms with Crippen molar-refractivity contribution < 1.29 is 14.4 Å². The van der Waals surface area contributed by atoms with Crippen LogP contribution in [0.4, 0.5) is 0 Å². The van der Waals surface area contributed by atoms with Crippen LogP contribution in [0, 0.1) is 11.8 Å². The summed E-state index contributed by atoms with van der Waals surface area (Å²) in [6.45, 7) is 2.93. The second-order valence-corrected chi connectivity index (χ2v) is 5.44. The van der Waals surface area contributed by atoms with E-state index in [2.05, 4.69) is 12.2 Å². The highest BCUT2D eigenvalue weighted by atomic mass is 16.2. The zero-order valence-electron chi connectivity index (χ0n) is 11.9. The topological polar surface area (TPSA) is 66.5 Å². The molecule has 0 spiro atoms. The van der Waals surface area contributed by atoms with E-state index in [1.807, 2.05) is 12.2 Å². The molecule has 20 heavy (non-hydrogen) atoms. The predicted octanol–water partition coefficient (Wildman–Crippen LogP) is 1.24. The van der Waals surface area contributed by atoms with Gasteiger partial charge in [0, 0.05) is 19.5 Å². The fraction of sp³-hybridized carbons (Fsp3) is 0.667. The van der Waals surface area contributed by atoms with Gasteiger partial charge >= 0.3 is 0 Å². The minimum absolute atomic E-state index is 0.0907. The van der Waals surface area contributed by atoms with Crippen molar-refractivity contribution in [2.45, 2.75) is 39.0 Å². The van der Waals surface area contributed by atoms with Crippen LogP contribution in [0.5, 0.6) is 0 Å². The maximum atomic E-state index is 12.2. The van der Waals surface area contributed by atoms with Crippen LogP contribution in [-0.4, -0.2) is 35.7 Å². The maximum Gasteiger partial charge on any atom is 0.233 e. The number of fused-ring (bicyclic) bond motifs is 1. The summed E-state index contributed by atoms with van der Waals surface area (Å²) in [6.07, 6.45) is 7.40. The molecule has 1 aliphatic heterocycles. The molecule has 0 unspecified atom stereocenters. The van der Waals surface area contributed by atoms with Crippen LogP contribution in [0.3, 0.4) is 0 Å². The van der Waals surface area contributed by atoms with E-state index in [0.29, 0.717) is 19.4 Å². The molecule has 0 radical (unpaired) electrons. The van der Waals surface area contributed by atoms with E-state index in [9.17, 15) is 14.4 Å². The van der Waals surface area contributed by atoms with Gasteiger partial charge < -0.3 is 5.32 Å². The molecule has 2 rings (SSSR count). The monoisotopic (exact) mass is 278 g/mol. The van der Waals surface area contributed by atoms with Gasteiger partial charge in [0.05, 0.1) is 11.8 Å². The molecule has 1 N–H and O–H groups in total. The molecule has 2 aliphatic rings. The molecule has 110 valence electrons. The first-order valence-electron chi connectivity index (χ1n) is 7.42. The lowest BCUT2D eigenvalue weighted by atomic mass is 9.85. The molecule has 1 saturated heterocycles. The van der Waals surface area contributed by atoms with Crippen molar-refractivity contribution >= 4 is 17.7 Å². The van der Waals surface area contributed by atoms with E-state index < -0.39 is 0 Å². The third-order valence-electron chi connectivity index (χ3n) is 4.01. The molecule has 1 aliphatic carbocycles. The Labute approximate surface area is 119 Å². The number of imide groups is 1. The van der Waals surface area contributed by atoms with E-state index in [1.54, 1.807) is 0 Å². The Morgan fingerprint density at radius 2 is 1.85 bits per heavy atom. The number of nitrogens with zero attached hydrogens (tertiary/aromatic N) is 1. The molecule has 1 fully saturated rings. The molecule has 0 bridgehead atoms. The molecule has 5 nitrogen and oxygen atoms in total. The Kier molecular flexibility index (Phi) is 4.93. The van der Waals surface area contributed by atoms with Gasteiger partial charge in [0.25, 0.3) is 0 Å². The van der Waals surface area contributed by atoms with Crippen LogP contribution >= 0.6 is 0 Å². The number of hydrogen-bond donors (Lipinski definition) is 1. The third-order valence-corrected chi connectivity index (χ3v) is 4.01. The van der Waals surface area contributed by atoms with Crippen LogP contribution in [0.1, 0.15) is 39.0 Å². The Morgan fingerprint density at radius 3 is 2.40 bits per heavy atom. The van der Waals surface area contributed by atoms with Crippen molar-refractivity contribution in [2.24, 2.45) is 11.8 Å². The summed E-state index contributed by atoms with van der Waals surface area (Å²) in [5.74, 6) is -0.699. The second-order valence-electron chi connectivity index (χ2n) is 5.44. The van der Waals surface area contributed by atoms with E-state index in [-0.39, 0.29) is 42.5 Å². The van der Waals surface area contributed by atoms with Crippen LogP contribution in [0.25, 0.3) is 0 Å². The minimum atomic E-state index is -0.198. The molecule has 3 amide bonds. The SMILES string of the molecule is CCCCNC(=O)CCN1C(=O)[C@H]2CC=CC[C@@H]2C1=O. The molecule has 0 aromatic carbocycles. The number of hydrogen-bond acceptors (Lipinski definition) is 3. The number of carbonyl (C=O) groups is 3. The van der Waals surface area contributed by atoms with Crippen molar-refractivity contribution in [3.63, 3.8) is 0 Å². The van der Waals surface area contributed by atoms with Gasteiger partial charge in [-0.05, 0) is 19.3 Å². The minimum Gasteiger partial charge on any atom is -0.356 e. The number of amides is 3. The Balaban J connectivity index is 1.83. The lowest BCUT2D eigenvalue weighted by molar-refractivity contribution is -0.140. The Morgan fingerprint density at radius 1 is 1.25 bits per heavy atom. The van der Waals surface area contributed by atoms with Gasteiger partial charge in [-0.1, -0.05) is 25.5 Å². The fourth-order valence-corrected chi connectivity index (χ4v) is 2.80. The summed E-state index contributed by atoms with van der Waals surface area (Å²) in [4.78, 5) is 37.2. The molecule has 2 atom stereocenters. The normalized spacial score (nSPS) is 24.9. The van der Waals surface area contributed by atoms with Crippen molar-refractivity contribution in [1.29, 1.82) is 0 Å². The molecule has 0 saturated carbocycles. The molecule has 0 aromatic heterocycles. The smallest absolute Gasteiger partial charge is 0.233 e. The number of rotatable bonds is 6. The standard InChI is InChI=1S/C15H22N2O3/c1-2-3-9-16-13(18)8-10-17-14(19)11-6-4-5-7-12(11)15(17)20/h4-5,11-12H,2-3,6-10H2,1H3,(H,16,18)/t11-,12-/m0/s1. The number of likely N-dealkylation sites (tertiary alicyclic amines) is 1. The van der Waals surface area contributed by atoms with Crippen molar-refractivity contribution in [3.05, 3.63) is 12.2 Å². The van der Waals surface area contributed by atoms with Crippen LogP contribution < -0.4 is 5.32 Å². The molecule has 5 heteroatoms. The van der Waals surface area contributed by atoms with Crippen molar-refractivity contribution in [3.8, 4) is 0 Å². The van der Waals surface area contributed by atoms with E-state index in [1.165, 1.54) is 4.90 Å². The van der Waals surface area contributed by atoms with Gasteiger partial charge in [-0.15, -0.1) is 0 Å². The first-order chi connectivity index (χ1) is 9.65. The van der Waals surface area contributed by atoms with Gasteiger partial charge in [-0.3, -0.25) is 19.3 Å². The van der Waals surface area contributed by atoms with Crippen LogP contribution in [-0.2, 0) is 14.4 Å². The van der Waals surface area contributed by atoms with Crippen molar-refractivity contribution in [1.82, 2.24) is 10.2 Å². The van der Waals surface area contributed by atoms with Gasteiger partial charge in [0.1, 0.15) is 0 Å². The molecular formula is C15H22N2O3. The number of carbonyl (C=O) groups excluding carboxylic acids is 3. The number of nitrogens with one attached hydrogen (secondary N) is 1. The lowest BCUT2D eigenvalue weighted by Crippen LogP contribution is -2.35. The highest BCUT2D eigenvalue weighted by Crippen LogP contribution is 2.34. The summed E-state index contributed by atoms with van der Waals surface area (Å²) >= 11 is 0. The summed E-state index contributed by atoms with van der Waals surface area (Å²) in [5.41, 5.74) is 0. The van der Waals surface area contributed by atoms with Gasteiger partial charge in [0.15, 0.2) is 0 Å². The summed E-state index contributed by atoms with van der Waals surface area (Å²) in [5, 5.41) is 2.80. The summed E-state index contributed by atoms with van der Waals surface area (Å²) in [6, 6.07) is 0. The first-order valence-corrected chi connectivity index (χ1v) is 7.42. The van der Waals surface area contributed by atoms with E-state index in [4.69, 9.17) is 0 Å². The highest BCUT2D eigenvalue weighted by molar-refractivity contribution is 6.05. The highest BCUT2D eigenvalue weighted by Gasteiger charge is 2.46. The Hall–Kier alpha value is -1.65. The molecule has 1 heterocycles. The lowest BCUT2D eigenvalue weighted by Gasteiger charge is -2.14. The summed E-state index contributed by atoms with van der Waals surface area (Å²) in [7, 11) is 0. The van der Waals surface area contributed by atoms with Gasteiger partial charge in [0.2, 0.25) is 17.7 Å². The summed E-state index contributed by atoms with van der Waals surface area (Å²) < 4.78 is 0. The first kappa shape index (κ1) is 14.8. The molecular weight excluding hydrogens is 256 g/mol. The number of unbranched alkanes of at least 4 members (excludes halogenated alkanes) is 1.